The molecular formula is C35H54ClN5O4. The smallest absolute Gasteiger partial charge is 0.407 e. The van der Waals surface area contributed by atoms with Gasteiger partial charge in [-0.3, -0.25) is 4.79 Å². The molecule has 0 saturated heterocycles. The number of rotatable bonds is 21. The number of H-pyrrole nitrogens is 1. The van der Waals surface area contributed by atoms with Gasteiger partial charge in [-0.15, -0.1) is 9.73 Å². The van der Waals surface area contributed by atoms with Crippen molar-refractivity contribution < 1.29 is 19.1 Å². The highest BCUT2D eigenvalue weighted by Crippen LogP contribution is 2.32. The number of halogens is 1. The van der Waals surface area contributed by atoms with E-state index < -0.39 is 6.09 Å². The zero-order valence-corrected chi connectivity index (χ0v) is 28.6. The van der Waals surface area contributed by atoms with Crippen molar-refractivity contribution in [2.24, 2.45) is 0 Å². The van der Waals surface area contributed by atoms with Crippen LogP contribution < -0.4 is 5.32 Å². The average Bonchev–Trinajstić information content (AvgIpc) is 3.57. The normalized spacial score (nSPS) is 11.7. The molecule has 2 N–H and O–H groups in total. The van der Waals surface area contributed by atoms with E-state index in [1.807, 2.05) is 45.0 Å². The third-order valence-corrected chi connectivity index (χ3v) is 8.30. The molecule has 3 aromatic rings. The van der Waals surface area contributed by atoms with E-state index >= 15 is 0 Å². The molecule has 0 unspecified atom stereocenters. The number of unbranched alkanes of at least 4 members (excludes halogenated alkanes) is 13. The first-order chi connectivity index (χ1) is 21.7. The molecular weight excluding hydrogens is 590 g/mol. The van der Waals surface area contributed by atoms with Crippen LogP contribution in [0.1, 0.15) is 135 Å². The van der Waals surface area contributed by atoms with Crippen LogP contribution in [0, 0.1) is 0 Å². The average molecular weight is 644 g/mol. The summed E-state index contributed by atoms with van der Waals surface area (Å²) in [5, 5.41) is 12.3. The maximum absolute atomic E-state index is 12.3. The zero-order valence-electron chi connectivity index (χ0n) is 27.9. The van der Waals surface area contributed by atoms with Crippen molar-refractivity contribution in [1.82, 2.24) is 25.1 Å². The lowest BCUT2D eigenvalue weighted by atomic mass is 9.92. The third-order valence-electron chi connectivity index (χ3n) is 7.94. The Morgan fingerprint density at radius 3 is 2.07 bits per heavy atom. The number of alkyl carbamates (subject to hydrolysis) is 1. The number of aromatic nitrogens is 4. The fourth-order valence-corrected chi connectivity index (χ4v) is 5.74. The van der Waals surface area contributed by atoms with Crippen molar-refractivity contribution in [2.45, 2.75) is 136 Å². The predicted octanol–water partition coefficient (Wildman–Crippen LogP) is 9.32. The van der Waals surface area contributed by atoms with Crippen molar-refractivity contribution in [3.8, 4) is 11.4 Å². The Kier molecular flexibility index (Phi) is 15.7. The molecule has 250 valence electrons. The van der Waals surface area contributed by atoms with Gasteiger partial charge in [-0.05, 0) is 6.42 Å². The zero-order chi connectivity index (χ0) is 32.5. The van der Waals surface area contributed by atoms with Crippen LogP contribution in [0.2, 0.25) is 5.02 Å². The van der Waals surface area contributed by atoms with Crippen LogP contribution >= 0.6 is 11.6 Å². The molecule has 0 radical (unpaired) electrons. The number of esters is 1. The van der Waals surface area contributed by atoms with Crippen LogP contribution in [-0.2, 0) is 26.3 Å². The minimum Gasteiger partial charge on any atom is -0.466 e. The van der Waals surface area contributed by atoms with Crippen LogP contribution in [0.25, 0.3) is 17.0 Å². The van der Waals surface area contributed by atoms with Crippen molar-refractivity contribution in [3.63, 3.8) is 0 Å². The number of fused-ring (bicyclic) bond motifs is 1. The molecule has 45 heavy (non-hydrogen) atoms. The van der Waals surface area contributed by atoms with Gasteiger partial charge in [-0.1, -0.05) is 147 Å². The van der Waals surface area contributed by atoms with Crippen molar-refractivity contribution in [1.29, 1.82) is 0 Å². The predicted molar refractivity (Wildman–Crippen MR) is 181 cm³/mol. The van der Waals surface area contributed by atoms with Gasteiger partial charge in [-0.25, -0.2) is 4.79 Å². The summed E-state index contributed by atoms with van der Waals surface area (Å²) in [6, 6.07) is 7.51. The van der Waals surface area contributed by atoms with Crippen LogP contribution in [0.3, 0.4) is 0 Å². The number of carbonyl (C=O) groups is 2. The molecule has 0 spiro atoms. The summed E-state index contributed by atoms with van der Waals surface area (Å²) in [4.78, 5) is 27.6. The summed E-state index contributed by atoms with van der Waals surface area (Å²) in [6.07, 6.45) is 17.5. The molecule has 0 aliphatic heterocycles. The molecule has 1 amide bonds. The Morgan fingerprint density at radius 2 is 1.47 bits per heavy atom. The molecule has 3 rings (SSSR count). The fraction of sp³-hybridized carbons (Fsp3) is 0.657. The lowest BCUT2D eigenvalue weighted by Gasteiger charge is -2.14. The number of amides is 1. The standard InChI is InChI=1S/C35H54ClN5O4/c1-5-6-7-8-9-10-11-12-13-14-15-16-17-20-25-44-29(42)23-24-37-34(43)45-26-27-21-18-19-22-28(27)32-38-33-30(36)31(35(2,3)4)39-41(33)40-32/h18-19,21-22H,5-17,20,23-26H2,1-4H3,(H,37,43)(H,38,40). The van der Waals surface area contributed by atoms with E-state index in [1.165, 1.54) is 81.7 Å². The first-order valence-electron chi connectivity index (χ1n) is 17.0. The number of benzene rings is 1. The molecule has 2 heterocycles. The van der Waals surface area contributed by atoms with Crippen molar-refractivity contribution >= 4 is 29.3 Å². The SMILES string of the molecule is CCCCCCCCCCCCCCCCOC(=O)CCNC(=O)OCc1ccccc1-c1nn2nc(C(C)(C)C)c(Cl)c2[nH]1. The van der Waals surface area contributed by atoms with Gasteiger partial charge in [0, 0.05) is 23.1 Å². The first-order valence-corrected chi connectivity index (χ1v) is 17.4. The quantitative estimate of drug-likeness (QED) is 0.0884. The van der Waals surface area contributed by atoms with Crippen LogP contribution in [-0.4, -0.2) is 45.0 Å². The molecule has 0 aliphatic rings. The second kappa shape index (κ2) is 19.4. The van der Waals surface area contributed by atoms with Crippen LogP contribution in [0.15, 0.2) is 24.3 Å². The Hall–Kier alpha value is -3.07. The number of hydrogen-bond acceptors (Lipinski definition) is 6. The molecule has 10 heteroatoms. The van der Waals surface area contributed by atoms with Gasteiger partial charge in [0.15, 0.2) is 11.5 Å². The largest absolute Gasteiger partial charge is 0.466 e. The van der Waals surface area contributed by atoms with Gasteiger partial charge in [-0.2, -0.15) is 5.10 Å². The minimum absolute atomic E-state index is 0.0373. The first kappa shape index (κ1) is 36.4. The number of ether oxygens (including phenoxy) is 2. The fourth-order valence-electron chi connectivity index (χ4n) is 5.29. The van der Waals surface area contributed by atoms with Crippen LogP contribution in [0.5, 0.6) is 0 Å². The van der Waals surface area contributed by atoms with Gasteiger partial charge in [0.2, 0.25) is 0 Å². The highest BCUT2D eigenvalue weighted by molar-refractivity contribution is 6.34. The van der Waals surface area contributed by atoms with E-state index in [0.29, 0.717) is 23.1 Å². The van der Waals surface area contributed by atoms with Gasteiger partial charge >= 0.3 is 12.1 Å². The summed E-state index contributed by atoms with van der Waals surface area (Å²) < 4.78 is 12.2. The number of hydrogen-bond donors (Lipinski definition) is 2. The Bertz CT molecular complexity index is 1310. The third kappa shape index (κ3) is 12.7. The van der Waals surface area contributed by atoms with E-state index in [-0.39, 0.29) is 31.0 Å². The van der Waals surface area contributed by atoms with Crippen molar-refractivity contribution in [3.05, 3.63) is 40.5 Å². The highest BCUT2D eigenvalue weighted by Gasteiger charge is 2.25. The van der Waals surface area contributed by atoms with Gasteiger partial charge < -0.3 is 19.8 Å². The second-order valence-corrected chi connectivity index (χ2v) is 13.3. The van der Waals surface area contributed by atoms with E-state index in [1.54, 1.807) is 0 Å². The van der Waals surface area contributed by atoms with Gasteiger partial charge in [0.05, 0.1) is 18.7 Å². The second-order valence-electron chi connectivity index (χ2n) is 13.0. The summed E-state index contributed by atoms with van der Waals surface area (Å²) >= 11 is 6.58. The topological polar surface area (TPSA) is 111 Å². The van der Waals surface area contributed by atoms with Gasteiger partial charge in [0.1, 0.15) is 11.6 Å². The molecule has 0 atom stereocenters. The summed E-state index contributed by atoms with van der Waals surface area (Å²) in [6.45, 7) is 9.02. The van der Waals surface area contributed by atoms with Crippen LogP contribution in [0.4, 0.5) is 4.79 Å². The molecule has 2 aromatic heterocycles. The molecule has 0 aliphatic carbocycles. The summed E-state index contributed by atoms with van der Waals surface area (Å²) in [5.74, 6) is 0.257. The minimum atomic E-state index is -0.600. The Morgan fingerprint density at radius 1 is 0.867 bits per heavy atom. The van der Waals surface area contributed by atoms with E-state index in [4.69, 9.17) is 21.1 Å². The molecule has 1 aromatic carbocycles. The molecule has 0 bridgehead atoms. The monoisotopic (exact) mass is 643 g/mol. The van der Waals surface area contributed by atoms with Crippen molar-refractivity contribution in [2.75, 3.05) is 13.2 Å². The maximum atomic E-state index is 12.3. The molecule has 0 fully saturated rings. The number of carbonyl (C=O) groups excluding carboxylic acids is 2. The van der Waals surface area contributed by atoms with E-state index in [9.17, 15) is 9.59 Å². The lowest BCUT2D eigenvalue weighted by molar-refractivity contribution is -0.143. The highest BCUT2D eigenvalue weighted by atomic mass is 35.5. The maximum Gasteiger partial charge on any atom is 0.407 e. The summed E-state index contributed by atoms with van der Waals surface area (Å²) in [5.41, 5.74) is 2.70. The Balaban J connectivity index is 1.24. The summed E-state index contributed by atoms with van der Waals surface area (Å²) in [7, 11) is 0. The molecule has 9 nitrogen and oxygen atoms in total. The number of nitrogens with one attached hydrogen (secondary N) is 2. The van der Waals surface area contributed by atoms with E-state index in [0.717, 1.165) is 29.7 Å². The lowest BCUT2D eigenvalue weighted by Crippen LogP contribution is -2.27. The molecule has 0 saturated carbocycles. The Labute approximate surface area is 274 Å². The number of aromatic amines is 1. The van der Waals surface area contributed by atoms with Gasteiger partial charge in [0.25, 0.3) is 0 Å². The number of nitrogens with zero attached hydrogens (tertiary/aromatic N) is 3. The van der Waals surface area contributed by atoms with E-state index in [2.05, 4.69) is 27.4 Å².